The molecule has 1 aliphatic heterocycles. The van der Waals surface area contributed by atoms with Gasteiger partial charge in [0, 0.05) is 22.6 Å². The zero-order valence-corrected chi connectivity index (χ0v) is 14.0. The number of rotatable bonds is 3. The summed E-state index contributed by atoms with van der Waals surface area (Å²) in [5.41, 5.74) is 9.06. The van der Waals surface area contributed by atoms with Gasteiger partial charge in [-0.2, -0.15) is 5.10 Å². The predicted molar refractivity (Wildman–Crippen MR) is 87.1 cm³/mol. The van der Waals surface area contributed by atoms with Crippen LogP contribution in [0.4, 0.5) is 0 Å². The number of thioether (sulfide) groups is 1. The van der Waals surface area contributed by atoms with Gasteiger partial charge in [0.25, 0.3) is 0 Å². The summed E-state index contributed by atoms with van der Waals surface area (Å²) in [6.07, 6.45) is 1.85. The van der Waals surface area contributed by atoms with Gasteiger partial charge in [-0.15, -0.1) is 11.8 Å². The van der Waals surface area contributed by atoms with Crippen molar-refractivity contribution in [2.45, 2.75) is 36.7 Å². The maximum absolute atomic E-state index is 6.59. The summed E-state index contributed by atoms with van der Waals surface area (Å²) in [7, 11) is 0. The molecule has 3 nitrogen and oxygen atoms in total. The molecule has 2 heterocycles. The van der Waals surface area contributed by atoms with Gasteiger partial charge in [-0.25, -0.2) is 0 Å². The molecule has 0 aliphatic carbocycles. The lowest BCUT2D eigenvalue weighted by Crippen LogP contribution is -2.24. The SMILES string of the molecule is CC(C)n1ncc(Br)c1C(N)C1CSc2ccccc21. The van der Waals surface area contributed by atoms with E-state index in [-0.39, 0.29) is 6.04 Å². The molecule has 5 heteroatoms. The van der Waals surface area contributed by atoms with Crippen LogP contribution in [0, 0.1) is 0 Å². The largest absolute Gasteiger partial charge is 0.322 e. The van der Waals surface area contributed by atoms with Crippen molar-refractivity contribution in [2.75, 3.05) is 5.75 Å². The summed E-state index contributed by atoms with van der Waals surface area (Å²) in [5, 5.41) is 4.45. The second kappa shape index (κ2) is 5.54. The highest BCUT2D eigenvalue weighted by molar-refractivity contribution is 9.10. The zero-order valence-electron chi connectivity index (χ0n) is 11.6. The fraction of sp³-hybridized carbons (Fsp3) is 0.400. The summed E-state index contributed by atoms with van der Waals surface area (Å²) in [5.74, 6) is 1.39. The molecule has 2 aromatic rings. The van der Waals surface area contributed by atoms with E-state index in [2.05, 4.69) is 59.1 Å². The molecule has 1 aromatic heterocycles. The standard InChI is InChI=1S/C15H18BrN3S/c1-9(2)19-15(12(16)7-18-19)14(17)11-8-20-13-6-4-3-5-10(11)13/h3-7,9,11,14H,8,17H2,1-2H3. The molecule has 3 rings (SSSR count). The van der Waals surface area contributed by atoms with Gasteiger partial charge in [0.05, 0.1) is 22.4 Å². The van der Waals surface area contributed by atoms with Crippen molar-refractivity contribution >= 4 is 27.7 Å². The highest BCUT2D eigenvalue weighted by Crippen LogP contribution is 2.45. The molecule has 2 atom stereocenters. The van der Waals surface area contributed by atoms with Crippen molar-refractivity contribution in [1.29, 1.82) is 0 Å². The van der Waals surface area contributed by atoms with Crippen molar-refractivity contribution in [3.05, 3.63) is 46.2 Å². The van der Waals surface area contributed by atoms with Crippen LogP contribution in [0.5, 0.6) is 0 Å². The molecule has 0 saturated carbocycles. The maximum atomic E-state index is 6.59. The number of halogens is 1. The Morgan fingerprint density at radius 3 is 2.90 bits per heavy atom. The van der Waals surface area contributed by atoms with E-state index in [1.54, 1.807) is 0 Å². The smallest absolute Gasteiger partial charge is 0.0703 e. The number of aromatic nitrogens is 2. The maximum Gasteiger partial charge on any atom is 0.0703 e. The summed E-state index contributed by atoms with van der Waals surface area (Å²) in [6, 6.07) is 8.84. The minimum absolute atomic E-state index is 0.0366. The van der Waals surface area contributed by atoms with Gasteiger partial charge in [0.15, 0.2) is 0 Å². The van der Waals surface area contributed by atoms with Crippen LogP contribution in [0.2, 0.25) is 0 Å². The van der Waals surface area contributed by atoms with E-state index in [0.717, 1.165) is 15.9 Å². The molecule has 106 valence electrons. The van der Waals surface area contributed by atoms with Crippen molar-refractivity contribution in [2.24, 2.45) is 5.73 Å². The number of benzene rings is 1. The Kier molecular flexibility index (Phi) is 3.93. The summed E-state index contributed by atoms with van der Waals surface area (Å²) >= 11 is 5.50. The molecule has 0 saturated heterocycles. The second-order valence-electron chi connectivity index (χ2n) is 5.40. The van der Waals surface area contributed by atoms with Crippen LogP contribution in [0.1, 0.15) is 43.1 Å². The molecular weight excluding hydrogens is 334 g/mol. The number of nitrogens with zero attached hydrogens (tertiary/aromatic N) is 2. The molecule has 1 aliphatic rings. The van der Waals surface area contributed by atoms with Crippen LogP contribution in [-0.4, -0.2) is 15.5 Å². The van der Waals surface area contributed by atoms with E-state index < -0.39 is 0 Å². The number of hydrogen-bond donors (Lipinski definition) is 1. The van der Waals surface area contributed by atoms with Gasteiger partial charge in [-0.1, -0.05) is 18.2 Å². The Bertz CT molecular complexity index is 623. The van der Waals surface area contributed by atoms with Crippen molar-refractivity contribution in [1.82, 2.24) is 9.78 Å². The Labute approximate surface area is 132 Å². The van der Waals surface area contributed by atoms with E-state index in [1.165, 1.54) is 10.5 Å². The van der Waals surface area contributed by atoms with Crippen molar-refractivity contribution < 1.29 is 0 Å². The average Bonchev–Trinajstić information content (AvgIpc) is 3.01. The number of nitrogens with two attached hydrogens (primary N) is 1. The molecule has 0 amide bonds. The van der Waals surface area contributed by atoms with Crippen LogP contribution in [-0.2, 0) is 0 Å². The minimum Gasteiger partial charge on any atom is -0.322 e. The highest BCUT2D eigenvalue weighted by Gasteiger charge is 2.32. The molecular formula is C15H18BrN3S. The third-order valence-electron chi connectivity index (χ3n) is 3.76. The lowest BCUT2D eigenvalue weighted by molar-refractivity contribution is 0.465. The molecule has 1 aromatic carbocycles. The Morgan fingerprint density at radius 2 is 2.15 bits per heavy atom. The first-order valence-corrected chi connectivity index (χ1v) is 8.57. The third kappa shape index (κ3) is 2.32. The first-order valence-electron chi connectivity index (χ1n) is 6.79. The zero-order chi connectivity index (χ0) is 14.3. The van der Waals surface area contributed by atoms with Crippen LogP contribution in [0.3, 0.4) is 0 Å². The van der Waals surface area contributed by atoms with Gasteiger partial charge >= 0.3 is 0 Å². The third-order valence-corrected chi connectivity index (χ3v) is 5.58. The predicted octanol–water partition coefficient (Wildman–Crippen LogP) is 4.12. The lowest BCUT2D eigenvalue weighted by Gasteiger charge is -2.23. The van der Waals surface area contributed by atoms with E-state index in [4.69, 9.17) is 5.73 Å². The first-order chi connectivity index (χ1) is 9.59. The van der Waals surface area contributed by atoms with Gasteiger partial charge in [-0.3, -0.25) is 4.68 Å². The lowest BCUT2D eigenvalue weighted by atomic mass is 9.92. The average molecular weight is 352 g/mol. The van der Waals surface area contributed by atoms with E-state index in [0.29, 0.717) is 12.0 Å². The summed E-state index contributed by atoms with van der Waals surface area (Å²) < 4.78 is 3.04. The molecule has 0 radical (unpaired) electrons. The molecule has 0 spiro atoms. The van der Waals surface area contributed by atoms with Gasteiger partial charge < -0.3 is 5.73 Å². The molecule has 2 unspecified atom stereocenters. The van der Waals surface area contributed by atoms with Gasteiger partial charge in [0.1, 0.15) is 0 Å². The molecule has 20 heavy (non-hydrogen) atoms. The quantitative estimate of drug-likeness (QED) is 0.904. The Balaban J connectivity index is 1.99. The fourth-order valence-corrected chi connectivity index (χ4v) is 4.59. The molecule has 2 N–H and O–H groups in total. The van der Waals surface area contributed by atoms with Crippen molar-refractivity contribution in [3.8, 4) is 0 Å². The van der Waals surface area contributed by atoms with Gasteiger partial charge in [-0.05, 0) is 41.4 Å². The van der Waals surface area contributed by atoms with Crippen LogP contribution < -0.4 is 5.73 Å². The topological polar surface area (TPSA) is 43.8 Å². The number of fused-ring (bicyclic) bond motifs is 1. The van der Waals surface area contributed by atoms with Crippen LogP contribution in [0.15, 0.2) is 39.8 Å². The monoisotopic (exact) mass is 351 g/mol. The van der Waals surface area contributed by atoms with E-state index >= 15 is 0 Å². The Hall–Kier alpha value is -0.780. The van der Waals surface area contributed by atoms with Crippen LogP contribution >= 0.6 is 27.7 Å². The summed E-state index contributed by atoms with van der Waals surface area (Å²) in [4.78, 5) is 1.36. The van der Waals surface area contributed by atoms with E-state index in [9.17, 15) is 0 Å². The molecule has 0 bridgehead atoms. The van der Waals surface area contributed by atoms with Crippen LogP contribution in [0.25, 0.3) is 0 Å². The second-order valence-corrected chi connectivity index (χ2v) is 7.31. The normalized spacial score (nSPS) is 19.4. The summed E-state index contributed by atoms with van der Waals surface area (Å²) in [6.45, 7) is 4.26. The molecule has 0 fully saturated rings. The van der Waals surface area contributed by atoms with Gasteiger partial charge in [0.2, 0.25) is 0 Å². The van der Waals surface area contributed by atoms with E-state index in [1.807, 2.05) is 22.6 Å². The highest BCUT2D eigenvalue weighted by atomic mass is 79.9. The minimum atomic E-state index is -0.0366. The number of hydrogen-bond acceptors (Lipinski definition) is 3. The fourth-order valence-electron chi connectivity index (χ4n) is 2.75. The Morgan fingerprint density at radius 1 is 1.40 bits per heavy atom. The first kappa shape index (κ1) is 14.2. The van der Waals surface area contributed by atoms with Crippen molar-refractivity contribution in [3.63, 3.8) is 0 Å².